The van der Waals surface area contributed by atoms with Gasteiger partial charge in [-0.25, -0.2) is 9.97 Å². The fraction of sp³-hybridized carbons (Fsp3) is 0.450. The minimum atomic E-state index is -0.192. The maximum absolute atomic E-state index is 12.5. The molecule has 0 radical (unpaired) electrons. The summed E-state index contributed by atoms with van der Waals surface area (Å²) in [4.78, 5) is 23.2. The fourth-order valence-corrected chi connectivity index (χ4v) is 2.84. The van der Waals surface area contributed by atoms with Crippen LogP contribution in [0.3, 0.4) is 0 Å². The molecule has 0 unspecified atom stereocenters. The standard InChI is InChI=1S/C20H26N4O3/c1-20(2,3)19-22-9-14(10-23-19)18(25)21-11-15(24(4)5)13-6-7-16-17(8-13)27-12-26-16/h6-10,15H,11-12H2,1-5H3,(H,21,25)/t15-/m0/s1. The molecule has 2 heterocycles. The molecule has 27 heavy (non-hydrogen) atoms. The Morgan fingerprint density at radius 2 is 1.85 bits per heavy atom. The van der Waals surface area contributed by atoms with Crippen LogP contribution >= 0.6 is 0 Å². The summed E-state index contributed by atoms with van der Waals surface area (Å²) in [5.41, 5.74) is 1.35. The van der Waals surface area contributed by atoms with Crippen LogP contribution in [0.4, 0.5) is 0 Å². The molecule has 1 aliphatic rings. The second kappa shape index (κ2) is 7.52. The summed E-state index contributed by atoms with van der Waals surface area (Å²) in [6.07, 6.45) is 3.16. The molecule has 1 aromatic carbocycles. The van der Waals surface area contributed by atoms with Crippen LogP contribution in [0.1, 0.15) is 48.6 Å². The number of amides is 1. The third kappa shape index (κ3) is 4.36. The zero-order valence-corrected chi connectivity index (χ0v) is 16.4. The lowest BCUT2D eigenvalue weighted by atomic mass is 9.96. The van der Waals surface area contributed by atoms with Gasteiger partial charge in [-0.2, -0.15) is 0 Å². The van der Waals surface area contributed by atoms with E-state index in [0.29, 0.717) is 17.9 Å². The summed E-state index contributed by atoms with van der Waals surface area (Å²) in [6, 6.07) is 5.85. The summed E-state index contributed by atoms with van der Waals surface area (Å²) in [7, 11) is 3.95. The first kappa shape index (κ1) is 19.1. The topological polar surface area (TPSA) is 76.6 Å². The number of likely N-dealkylation sites (N-methyl/N-ethyl adjacent to an activating group) is 1. The Morgan fingerprint density at radius 1 is 1.19 bits per heavy atom. The quantitative estimate of drug-likeness (QED) is 0.872. The molecule has 1 aromatic heterocycles. The predicted octanol–water partition coefficient (Wildman–Crippen LogP) is 2.54. The number of aromatic nitrogens is 2. The van der Waals surface area contributed by atoms with Gasteiger partial charge < -0.3 is 19.7 Å². The van der Waals surface area contributed by atoms with E-state index in [1.165, 1.54) is 0 Å². The van der Waals surface area contributed by atoms with Gasteiger partial charge in [-0.05, 0) is 31.8 Å². The molecule has 0 bridgehead atoms. The van der Waals surface area contributed by atoms with Gasteiger partial charge in [0.05, 0.1) is 11.6 Å². The van der Waals surface area contributed by atoms with Gasteiger partial charge in [0.2, 0.25) is 6.79 Å². The summed E-state index contributed by atoms with van der Waals surface area (Å²) in [5.74, 6) is 2.00. The molecule has 3 rings (SSSR count). The molecule has 1 atom stereocenters. The van der Waals surface area contributed by atoms with Crippen LogP contribution in [-0.4, -0.2) is 48.2 Å². The molecule has 0 saturated carbocycles. The number of nitrogens with one attached hydrogen (secondary N) is 1. The van der Waals surface area contributed by atoms with E-state index in [1.807, 2.05) is 53.1 Å². The number of fused-ring (bicyclic) bond motifs is 1. The highest BCUT2D eigenvalue weighted by Crippen LogP contribution is 2.34. The summed E-state index contributed by atoms with van der Waals surface area (Å²) >= 11 is 0. The third-order valence-corrected chi connectivity index (χ3v) is 4.45. The van der Waals surface area contributed by atoms with Crippen LogP contribution in [-0.2, 0) is 5.41 Å². The first-order valence-electron chi connectivity index (χ1n) is 8.92. The Labute approximate surface area is 159 Å². The number of carbonyl (C=O) groups is 1. The van der Waals surface area contributed by atoms with Crippen LogP contribution < -0.4 is 14.8 Å². The Hall–Kier alpha value is -2.67. The van der Waals surface area contributed by atoms with Gasteiger partial charge in [-0.1, -0.05) is 26.8 Å². The van der Waals surface area contributed by atoms with E-state index in [-0.39, 0.29) is 24.2 Å². The van der Waals surface area contributed by atoms with Crippen LogP contribution in [0, 0.1) is 0 Å². The van der Waals surface area contributed by atoms with Crippen molar-refractivity contribution in [3.05, 3.63) is 47.5 Å². The monoisotopic (exact) mass is 370 g/mol. The lowest BCUT2D eigenvalue weighted by molar-refractivity contribution is 0.0941. The normalized spacial score (nSPS) is 14.3. The highest BCUT2D eigenvalue weighted by molar-refractivity contribution is 5.93. The molecule has 1 N–H and O–H groups in total. The largest absolute Gasteiger partial charge is 0.454 e. The van der Waals surface area contributed by atoms with Gasteiger partial charge in [0.15, 0.2) is 11.5 Å². The number of nitrogens with zero attached hydrogens (tertiary/aromatic N) is 3. The third-order valence-electron chi connectivity index (χ3n) is 4.45. The van der Waals surface area contributed by atoms with E-state index in [4.69, 9.17) is 9.47 Å². The number of hydrogen-bond acceptors (Lipinski definition) is 6. The van der Waals surface area contributed by atoms with Crippen molar-refractivity contribution in [1.82, 2.24) is 20.2 Å². The van der Waals surface area contributed by atoms with Crippen molar-refractivity contribution in [2.45, 2.75) is 32.2 Å². The van der Waals surface area contributed by atoms with Crippen LogP contribution in [0.5, 0.6) is 11.5 Å². The molecule has 144 valence electrons. The van der Waals surface area contributed by atoms with Crippen molar-refractivity contribution in [1.29, 1.82) is 0 Å². The first-order chi connectivity index (χ1) is 12.8. The van der Waals surface area contributed by atoms with Gasteiger partial charge in [-0.3, -0.25) is 4.79 Å². The minimum absolute atomic E-state index is 0.00165. The second-order valence-corrected chi connectivity index (χ2v) is 7.85. The molecule has 0 fully saturated rings. The van der Waals surface area contributed by atoms with Crippen LogP contribution in [0.25, 0.3) is 0 Å². The maximum Gasteiger partial charge on any atom is 0.254 e. The van der Waals surface area contributed by atoms with Crippen molar-refractivity contribution in [2.24, 2.45) is 0 Å². The number of rotatable bonds is 5. The summed E-state index contributed by atoms with van der Waals surface area (Å²) in [5, 5.41) is 2.97. The molecular weight excluding hydrogens is 344 g/mol. The minimum Gasteiger partial charge on any atom is -0.454 e. The van der Waals surface area contributed by atoms with Crippen molar-refractivity contribution >= 4 is 5.91 Å². The Bertz CT molecular complexity index is 813. The van der Waals surface area contributed by atoms with Crippen molar-refractivity contribution < 1.29 is 14.3 Å². The first-order valence-corrected chi connectivity index (χ1v) is 8.92. The van der Waals surface area contributed by atoms with Gasteiger partial charge >= 0.3 is 0 Å². The summed E-state index contributed by atoms with van der Waals surface area (Å²) < 4.78 is 10.8. The smallest absolute Gasteiger partial charge is 0.254 e. The van der Waals surface area contributed by atoms with E-state index in [1.54, 1.807) is 12.4 Å². The molecule has 0 spiro atoms. The van der Waals surface area contributed by atoms with Crippen molar-refractivity contribution in [2.75, 3.05) is 27.4 Å². The Morgan fingerprint density at radius 3 is 2.48 bits per heavy atom. The van der Waals surface area contributed by atoms with Crippen LogP contribution in [0.2, 0.25) is 0 Å². The maximum atomic E-state index is 12.5. The Balaban J connectivity index is 1.68. The molecule has 2 aromatic rings. The predicted molar refractivity (Wildman–Crippen MR) is 102 cm³/mol. The number of hydrogen-bond donors (Lipinski definition) is 1. The van der Waals surface area contributed by atoms with Gasteiger partial charge in [0.1, 0.15) is 5.82 Å². The van der Waals surface area contributed by atoms with Crippen molar-refractivity contribution in [3.8, 4) is 11.5 Å². The fourth-order valence-electron chi connectivity index (χ4n) is 2.84. The lowest BCUT2D eigenvalue weighted by Gasteiger charge is -2.25. The highest BCUT2D eigenvalue weighted by atomic mass is 16.7. The molecular formula is C20H26N4O3. The second-order valence-electron chi connectivity index (χ2n) is 7.85. The zero-order valence-electron chi connectivity index (χ0n) is 16.4. The Kier molecular flexibility index (Phi) is 5.32. The zero-order chi connectivity index (χ0) is 19.6. The number of carbonyl (C=O) groups excluding carboxylic acids is 1. The molecule has 1 aliphatic heterocycles. The molecule has 0 saturated heterocycles. The van der Waals surface area contributed by atoms with Gasteiger partial charge in [-0.15, -0.1) is 0 Å². The molecule has 7 heteroatoms. The van der Waals surface area contributed by atoms with E-state index in [2.05, 4.69) is 20.2 Å². The average Bonchev–Trinajstić information content (AvgIpc) is 3.08. The highest BCUT2D eigenvalue weighted by Gasteiger charge is 2.21. The number of ether oxygens (including phenoxy) is 2. The molecule has 0 aliphatic carbocycles. The van der Waals surface area contributed by atoms with Gasteiger partial charge in [0.25, 0.3) is 5.91 Å². The van der Waals surface area contributed by atoms with Gasteiger partial charge in [0, 0.05) is 24.4 Å². The summed E-state index contributed by atoms with van der Waals surface area (Å²) in [6.45, 7) is 6.80. The van der Waals surface area contributed by atoms with Crippen LogP contribution in [0.15, 0.2) is 30.6 Å². The average molecular weight is 370 g/mol. The van der Waals surface area contributed by atoms with E-state index in [9.17, 15) is 4.79 Å². The molecule has 1 amide bonds. The molecule has 7 nitrogen and oxygen atoms in total. The van der Waals surface area contributed by atoms with E-state index < -0.39 is 0 Å². The SMILES string of the molecule is CN(C)[C@@H](CNC(=O)c1cnc(C(C)(C)C)nc1)c1ccc2c(c1)OCO2. The van der Waals surface area contributed by atoms with E-state index >= 15 is 0 Å². The number of benzene rings is 1. The van der Waals surface area contributed by atoms with Crippen molar-refractivity contribution in [3.63, 3.8) is 0 Å². The lowest BCUT2D eigenvalue weighted by Crippen LogP contribution is -2.34. The van der Waals surface area contributed by atoms with E-state index in [0.717, 1.165) is 17.1 Å².